The van der Waals surface area contributed by atoms with Crippen LogP contribution in [0.3, 0.4) is 0 Å². The smallest absolute Gasteiger partial charge is 0.307 e. The molecule has 1 aromatic carbocycles. The van der Waals surface area contributed by atoms with Crippen molar-refractivity contribution in [3.8, 4) is 5.75 Å². The average Bonchev–Trinajstić information content (AvgIpc) is 2.47. The molecule has 1 amide bonds. The second kappa shape index (κ2) is 6.41. The predicted molar refractivity (Wildman–Crippen MR) is 74.7 cm³/mol. The zero-order valence-corrected chi connectivity index (χ0v) is 11.5. The van der Waals surface area contributed by atoms with Crippen molar-refractivity contribution in [3.63, 3.8) is 0 Å². The third-order valence-corrected chi connectivity index (χ3v) is 3.78. The largest absolute Gasteiger partial charge is 0.495 e. The molecule has 1 saturated carbocycles. The van der Waals surface area contributed by atoms with Crippen molar-refractivity contribution in [2.24, 2.45) is 11.8 Å². The predicted octanol–water partition coefficient (Wildman–Crippen LogP) is 2.52. The SMILES string of the molecule is COc1ccccc1NC(=O)[C@H]1CCCC[C@@H]1C(=O)O. The Morgan fingerprint density at radius 1 is 1.20 bits per heavy atom. The van der Waals surface area contributed by atoms with Gasteiger partial charge in [0.15, 0.2) is 0 Å². The third kappa shape index (κ3) is 3.10. The lowest BCUT2D eigenvalue weighted by molar-refractivity contribution is -0.147. The van der Waals surface area contributed by atoms with Crippen molar-refractivity contribution in [2.45, 2.75) is 25.7 Å². The molecule has 0 saturated heterocycles. The molecule has 5 nitrogen and oxygen atoms in total. The minimum atomic E-state index is -0.884. The first-order chi connectivity index (χ1) is 9.63. The molecule has 5 heteroatoms. The van der Waals surface area contributed by atoms with E-state index < -0.39 is 17.8 Å². The van der Waals surface area contributed by atoms with Crippen LogP contribution in [0.25, 0.3) is 0 Å². The van der Waals surface area contributed by atoms with Gasteiger partial charge in [0.1, 0.15) is 5.75 Å². The van der Waals surface area contributed by atoms with Crippen molar-refractivity contribution < 1.29 is 19.4 Å². The molecular formula is C15H19NO4. The molecule has 1 aliphatic rings. The van der Waals surface area contributed by atoms with E-state index in [1.165, 1.54) is 7.11 Å². The Morgan fingerprint density at radius 3 is 2.50 bits per heavy atom. The number of amides is 1. The highest BCUT2D eigenvalue weighted by Gasteiger charge is 2.35. The van der Waals surface area contributed by atoms with Crippen LogP contribution in [0.15, 0.2) is 24.3 Å². The zero-order chi connectivity index (χ0) is 14.5. The summed E-state index contributed by atoms with van der Waals surface area (Å²) in [6, 6.07) is 7.11. The summed E-state index contributed by atoms with van der Waals surface area (Å²) in [7, 11) is 1.53. The van der Waals surface area contributed by atoms with Crippen molar-refractivity contribution in [2.75, 3.05) is 12.4 Å². The van der Waals surface area contributed by atoms with E-state index in [0.29, 0.717) is 24.3 Å². The number of carboxylic acids is 1. The Bertz CT molecular complexity index is 500. The fraction of sp³-hybridized carbons (Fsp3) is 0.467. The number of ether oxygens (including phenoxy) is 1. The number of methoxy groups -OCH3 is 1. The maximum absolute atomic E-state index is 12.3. The van der Waals surface area contributed by atoms with E-state index in [0.717, 1.165) is 12.8 Å². The molecule has 2 N–H and O–H groups in total. The van der Waals surface area contributed by atoms with E-state index in [4.69, 9.17) is 4.74 Å². The second-order valence-corrected chi connectivity index (χ2v) is 5.03. The van der Waals surface area contributed by atoms with Crippen LogP contribution in [0, 0.1) is 11.8 Å². The molecule has 0 spiro atoms. The highest BCUT2D eigenvalue weighted by atomic mass is 16.5. The number of carboxylic acid groups (broad SMARTS) is 1. The van der Waals surface area contributed by atoms with Crippen LogP contribution < -0.4 is 10.1 Å². The molecule has 20 heavy (non-hydrogen) atoms. The molecule has 0 bridgehead atoms. The van der Waals surface area contributed by atoms with E-state index in [1.54, 1.807) is 18.2 Å². The van der Waals surface area contributed by atoms with Crippen LogP contribution >= 0.6 is 0 Å². The Kier molecular flexibility index (Phi) is 4.61. The van der Waals surface area contributed by atoms with E-state index in [-0.39, 0.29) is 5.91 Å². The van der Waals surface area contributed by atoms with Crippen molar-refractivity contribution in [1.82, 2.24) is 0 Å². The number of carbonyl (C=O) groups excluding carboxylic acids is 1. The molecule has 108 valence electrons. The number of carbonyl (C=O) groups is 2. The molecule has 2 rings (SSSR count). The maximum Gasteiger partial charge on any atom is 0.307 e. The molecule has 1 fully saturated rings. The number of para-hydroxylation sites is 2. The lowest BCUT2D eigenvalue weighted by atomic mass is 9.78. The van der Waals surface area contributed by atoms with E-state index >= 15 is 0 Å². The molecule has 0 aromatic heterocycles. The Hall–Kier alpha value is -2.04. The fourth-order valence-electron chi connectivity index (χ4n) is 2.71. The van der Waals surface area contributed by atoms with Gasteiger partial charge in [0.25, 0.3) is 0 Å². The van der Waals surface area contributed by atoms with Gasteiger partial charge in [0.05, 0.1) is 24.6 Å². The number of aliphatic carboxylic acids is 1. The quantitative estimate of drug-likeness (QED) is 0.886. The van der Waals surface area contributed by atoms with Gasteiger partial charge in [-0.05, 0) is 25.0 Å². The van der Waals surface area contributed by atoms with Gasteiger partial charge in [-0.2, -0.15) is 0 Å². The number of rotatable bonds is 4. The Labute approximate surface area is 117 Å². The summed E-state index contributed by atoms with van der Waals surface area (Å²) >= 11 is 0. The van der Waals surface area contributed by atoms with Crippen LogP contribution in [-0.2, 0) is 9.59 Å². The number of hydrogen-bond acceptors (Lipinski definition) is 3. The number of benzene rings is 1. The lowest BCUT2D eigenvalue weighted by Gasteiger charge is -2.27. The van der Waals surface area contributed by atoms with Crippen molar-refractivity contribution in [1.29, 1.82) is 0 Å². The molecule has 0 unspecified atom stereocenters. The van der Waals surface area contributed by atoms with Gasteiger partial charge in [0, 0.05) is 0 Å². The van der Waals surface area contributed by atoms with Gasteiger partial charge in [-0.25, -0.2) is 0 Å². The molecule has 0 heterocycles. The number of nitrogens with one attached hydrogen (secondary N) is 1. The average molecular weight is 277 g/mol. The summed E-state index contributed by atoms with van der Waals surface area (Å²) in [5.74, 6) is -1.60. The monoisotopic (exact) mass is 277 g/mol. The summed E-state index contributed by atoms with van der Waals surface area (Å²) in [5.41, 5.74) is 0.578. The molecule has 1 aromatic rings. The summed E-state index contributed by atoms with van der Waals surface area (Å²) in [5, 5.41) is 12.0. The first-order valence-corrected chi connectivity index (χ1v) is 6.80. The van der Waals surface area contributed by atoms with Gasteiger partial charge in [-0.15, -0.1) is 0 Å². The molecule has 0 aliphatic heterocycles. The standard InChI is InChI=1S/C15H19NO4/c1-20-13-9-5-4-8-12(13)16-14(17)10-6-2-3-7-11(10)15(18)19/h4-5,8-11H,2-3,6-7H2,1H3,(H,16,17)(H,18,19)/t10-,11-/m0/s1. The third-order valence-electron chi connectivity index (χ3n) is 3.78. The summed E-state index contributed by atoms with van der Waals surface area (Å²) in [4.78, 5) is 23.6. The van der Waals surface area contributed by atoms with Gasteiger partial charge < -0.3 is 15.2 Å². The molecule has 1 aliphatic carbocycles. The first-order valence-electron chi connectivity index (χ1n) is 6.80. The number of hydrogen-bond donors (Lipinski definition) is 2. The van der Waals surface area contributed by atoms with Gasteiger partial charge in [-0.3, -0.25) is 9.59 Å². The molecular weight excluding hydrogens is 258 g/mol. The fourth-order valence-corrected chi connectivity index (χ4v) is 2.71. The van der Waals surface area contributed by atoms with Crippen molar-refractivity contribution in [3.05, 3.63) is 24.3 Å². The van der Waals surface area contributed by atoms with Crippen LogP contribution in [0.1, 0.15) is 25.7 Å². The highest BCUT2D eigenvalue weighted by molar-refractivity contribution is 5.96. The van der Waals surface area contributed by atoms with Gasteiger partial charge in [-0.1, -0.05) is 25.0 Å². The van der Waals surface area contributed by atoms with Crippen molar-refractivity contribution >= 4 is 17.6 Å². The second-order valence-electron chi connectivity index (χ2n) is 5.03. The maximum atomic E-state index is 12.3. The van der Waals surface area contributed by atoms with Crippen LogP contribution in [-0.4, -0.2) is 24.1 Å². The lowest BCUT2D eigenvalue weighted by Crippen LogP contribution is -2.36. The Morgan fingerprint density at radius 2 is 1.85 bits per heavy atom. The van der Waals surface area contributed by atoms with Crippen LogP contribution in [0.2, 0.25) is 0 Å². The topological polar surface area (TPSA) is 75.6 Å². The normalized spacial score (nSPS) is 22.1. The Balaban J connectivity index is 2.12. The minimum Gasteiger partial charge on any atom is -0.495 e. The van der Waals surface area contributed by atoms with Crippen LogP contribution in [0.5, 0.6) is 5.75 Å². The van der Waals surface area contributed by atoms with E-state index in [9.17, 15) is 14.7 Å². The van der Waals surface area contributed by atoms with Gasteiger partial charge in [0.2, 0.25) is 5.91 Å². The number of anilines is 1. The van der Waals surface area contributed by atoms with E-state index in [1.807, 2.05) is 6.07 Å². The highest BCUT2D eigenvalue weighted by Crippen LogP contribution is 2.32. The molecule has 0 radical (unpaired) electrons. The zero-order valence-electron chi connectivity index (χ0n) is 11.5. The van der Waals surface area contributed by atoms with Crippen LogP contribution in [0.4, 0.5) is 5.69 Å². The summed E-state index contributed by atoms with van der Waals surface area (Å²) in [6.07, 6.45) is 2.96. The first kappa shape index (κ1) is 14.4. The molecule has 2 atom stereocenters. The summed E-state index contributed by atoms with van der Waals surface area (Å²) < 4.78 is 5.18. The minimum absolute atomic E-state index is 0.235. The van der Waals surface area contributed by atoms with Gasteiger partial charge >= 0.3 is 5.97 Å². The summed E-state index contributed by atoms with van der Waals surface area (Å²) in [6.45, 7) is 0. The van der Waals surface area contributed by atoms with E-state index in [2.05, 4.69) is 5.32 Å².